The third kappa shape index (κ3) is 4.53. The van der Waals surface area contributed by atoms with Crippen LogP contribution in [0.25, 0.3) is 0 Å². The van der Waals surface area contributed by atoms with Crippen molar-refractivity contribution in [2.45, 2.75) is 37.9 Å². The number of aromatic amines is 2. The molecule has 0 aromatic carbocycles. The Hall–Kier alpha value is -1.42. The van der Waals surface area contributed by atoms with E-state index in [1.54, 1.807) is 11.4 Å². The average molecular weight is 330 g/mol. The fraction of sp³-hybridized carbons (Fsp3) is 0.417. The summed E-state index contributed by atoms with van der Waals surface area (Å²) in [4.78, 5) is 16.5. The molecule has 0 radical (unpaired) electrons. The Labute approximate surface area is 126 Å². The average Bonchev–Trinajstić information content (AvgIpc) is 3.03. The van der Waals surface area contributed by atoms with Gasteiger partial charge in [-0.2, -0.15) is 0 Å². The van der Waals surface area contributed by atoms with E-state index in [1.807, 2.05) is 13.8 Å². The summed E-state index contributed by atoms with van der Waals surface area (Å²) in [5, 5.41) is 4.80. The van der Waals surface area contributed by atoms with Gasteiger partial charge in [0.1, 0.15) is 0 Å². The molecule has 0 atom stereocenters. The molecule has 116 valence electrons. The van der Waals surface area contributed by atoms with E-state index in [4.69, 9.17) is 0 Å². The van der Waals surface area contributed by atoms with E-state index < -0.39 is 10.0 Å². The van der Waals surface area contributed by atoms with Crippen LogP contribution in [0.4, 0.5) is 0 Å². The van der Waals surface area contributed by atoms with E-state index >= 15 is 0 Å². The lowest BCUT2D eigenvalue weighted by atomic mass is 10.3. The van der Waals surface area contributed by atoms with Gasteiger partial charge in [0.2, 0.25) is 10.0 Å². The monoisotopic (exact) mass is 330 g/mol. The highest BCUT2D eigenvalue weighted by Gasteiger charge is 2.16. The maximum Gasteiger partial charge on any atom is 0.304 e. The molecule has 0 fully saturated rings. The fourth-order valence-electron chi connectivity index (χ4n) is 1.65. The van der Waals surface area contributed by atoms with Gasteiger partial charge in [-0.15, -0.1) is 0 Å². The highest BCUT2D eigenvalue weighted by molar-refractivity contribution is 7.89. The molecule has 9 heteroatoms. The third-order valence-corrected chi connectivity index (χ3v) is 4.85. The summed E-state index contributed by atoms with van der Waals surface area (Å²) < 4.78 is 26.7. The van der Waals surface area contributed by atoms with Crippen LogP contribution in [0.1, 0.15) is 25.2 Å². The number of thiazole rings is 1. The van der Waals surface area contributed by atoms with Gasteiger partial charge < -0.3 is 15.3 Å². The molecule has 2 aromatic heterocycles. The van der Waals surface area contributed by atoms with Gasteiger partial charge in [-0.1, -0.05) is 25.2 Å². The minimum absolute atomic E-state index is 0.0613. The zero-order chi connectivity index (χ0) is 15.5. The third-order valence-electron chi connectivity index (χ3n) is 2.75. The van der Waals surface area contributed by atoms with Crippen molar-refractivity contribution in [3.63, 3.8) is 0 Å². The van der Waals surface area contributed by atoms with Crippen LogP contribution < -0.4 is 14.9 Å². The first-order valence-electron chi connectivity index (χ1n) is 6.44. The van der Waals surface area contributed by atoms with Gasteiger partial charge in [0, 0.05) is 35.6 Å². The van der Waals surface area contributed by atoms with Crippen LogP contribution in [0.15, 0.2) is 27.3 Å². The van der Waals surface area contributed by atoms with Crippen LogP contribution in [0.2, 0.25) is 0 Å². The van der Waals surface area contributed by atoms with Gasteiger partial charge in [0.05, 0.1) is 11.4 Å². The summed E-state index contributed by atoms with van der Waals surface area (Å²) in [5.74, 6) is 0. The van der Waals surface area contributed by atoms with Gasteiger partial charge in [-0.3, -0.25) is 4.79 Å². The summed E-state index contributed by atoms with van der Waals surface area (Å²) in [6.07, 6.45) is 1.45. The van der Waals surface area contributed by atoms with Gasteiger partial charge in [0.25, 0.3) is 0 Å². The lowest BCUT2D eigenvalue weighted by molar-refractivity contribution is 0.579. The lowest BCUT2D eigenvalue weighted by Crippen LogP contribution is -2.23. The van der Waals surface area contributed by atoms with Crippen molar-refractivity contribution < 1.29 is 8.42 Å². The van der Waals surface area contributed by atoms with Crippen LogP contribution in [0.5, 0.6) is 0 Å². The number of nitrogens with one attached hydrogen (secondary N) is 4. The zero-order valence-corrected chi connectivity index (χ0v) is 13.4. The Morgan fingerprint density at radius 2 is 2.05 bits per heavy atom. The van der Waals surface area contributed by atoms with E-state index in [2.05, 4.69) is 20.0 Å². The number of hydrogen-bond donors (Lipinski definition) is 4. The number of aromatic nitrogens is 2. The SMILES string of the molecule is CC(C)NCc1cc(S(=O)(=O)NCc2csc(=O)[nH]2)c[nH]1. The molecule has 7 nitrogen and oxygen atoms in total. The highest BCUT2D eigenvalue weighted by atomic mass is 32.2. The van der Waals surface area contributed by atoms with E-state index in [0.29, 0.717) is 18.3 Å². The molecule has 0 saturated carbocycles. The van der Waals surface area contributed by atoms with E-state index in [9.17, 15) is 13.2 Å². The van der Waals surface area contributed by atoms with Crippen molar-refractivity contribution in [3.8, 4) is 0 Å². The van der Waals surface area contributed by atoms with Crippen molar-refractivity contribution >= 4 is 21.4 Å². The second-order valence-corrected chi connectivity index (χ2v) is 7.50. The van der Waals surface area contributed by atoms with Gasteiger partial charge in [-0.25, -0.2) is 13.1 Å². The summed E-state index contributed by atoms with van der Waals surface area (Å²) in [5.41, 5.74) is 1.35. The van der Waals surface area contributed by atoms with Gasteiger partial charge >= 0.3 is 4.87 Å². The first-order chi connectivity index (χ1) is 9.87. The van der Waals surface area contributed by atoms with E-state index in [1.165, 1.54) is 6.20 Å². The van der Waals surface area contributed by atoms with Crippen LogP contribution in [0, 0.1) is 0 Å². The zero-order valence-electron chi connectivity index (χ0n) is 11.8. The fourth-order valence-corrected chi connectivity index (χ4v) is 3.25. The Morgan fingerprint density at radius 3 is 2.67 bits per heavy atom. The molecule has 2 rings (SSSR count). The summed E-state index contributed by atoms with van der Waals surface area (Å²) in [6.45, 7) is 4.67. The summed E-state index contributed by atoms with van der Waals surface area (Å²) >= 11 is 1.00. The lowest BCUT2D eigenvalue weighted by Gasteiger charge is -2.05. The Balaban J connectivity index is 2.00. The molecule has 0 aliphatic rings. The molecule has 2 aromatic rings. The molecular formula is C12H18N4O3S2. The molecule has 0 amide bonds. The molecule has 21 heavy (non-hydrogen) atoms. The second kappa shape index (κ2) is 6.56. The first kappa shape index (κ1) is 16.0. The van der Waals surface area contributed by atoms with Crippen LogP contribution >= 0.6 is 11.3 Å². The van der Waals surface area contributed by atoms with E-state index in [0.717, 1.165) is 17.0 Å². The topological polar surface area (TPSA) is 107 Å². The molecular weight excluding hydrogens is 312 g/mol. The normalized spacial score (nSPS) is 12.1. The maximum atomic E-state index is 12.1. The van der Waals surface area contributed by atoms with Crippen molar-refractivity contribution in [2.75, 3.05) is 0 Å². The highest BCUT2D eigenvalue weighted by Crippen LogP contribution is 2.11. The molecule has 0 saturated heterocycles. The van der Waals surface area contributed by atoms with Gasteiger partial charge in [0.15, 0.2) is 0 Å². The second-order valence-electron chi connectivity index (χ2n) is 4.89. The molecule has 0 aliphatic heterocycles. The number of sulfonamides is 1. The Kier molecular flexibility index (Phi) is 4.99. The Bertz CT molecular complexity index is 742. The molecule has 0 aliphatic carbocycles. The smallest absolute Gasteiger partial charge is 0.304 e. The molecule has 0 unspecified atom stereocenters. The molecule has 4 N–H and O–H groups in total. The van der Waals surface area contributed by atoms with Crippen molar-refractivity contribution in [1.82, 2.24) is 20.0 Å². The van der Waals surface area contributed by atoms with Crippen molar-refractivity contribution in [2.24, 2.45) is 0 Å². The molecule has 0 spiro atoms. The predicted molar refractivity (Wildman–Crippen MR) is 81.7 cm³/mol. The van der Waals surface area contributed by atoms with Crippen molar-refractivity contribution in [3.05, 3.63) is 38.7 Å². The summed E-state index contributed by atoms with van der Waals surface area (Å²) in [7, 11) is -3.59. The summed E-state index contributed by atoms with van der Waals surface area (Å²) in [6, 6.07) is 1.91. The molecule has 2 heterocycles. The minimum atomic E-state index is -3.59. The van der Waals surface area contributed by atoms with Crippen LogP contribution in [-0.4, -0.2) is 24.4 Å². The van der Waals surface area contributed by atoms with E-state index in [-0.39, 0.29) is 16.3 Å². The number of hydrogen-bond acceptors (Lipinski definition) is 5. The number of H-pyrrole nitrogens is 2. The Morgan fingerprint density at radius 1 is 1.29 bits per heavy atom. The van der Waals surface area contributed by atoms with Crippen LogP contribution in [0.3, 0.4) is 0 Å². The first-order valence-corrected chi connectivity index (χ1v) is 8.80. The van der Waals surface area contributed by atoms with Gasteiger partial charge in [-0.05, 0) is 6.07 Å². The van der Waals surface area contributed by atoms with Crippen molar-refractivity contribution in [1.29, 1.82) is 0 Å². The molecule has 0 bridgehead atoms. The maximum absolute atomic E-state index is 12.1. The minimum Gasteiger partial charge on any atom is -0.363 e. The largest absolute Gasteiger partial charge is 0.363 e. The number of rotatable bonds is 7. The quantitative estimate of drug-likeness (QED) is 0.600. The standard InChI is InChI=1S/C12H18N4O3S2/c1-8(2)13-4-9-3-11(6-14-9)21(18,19)15-5-10-7-20-12(17)16-10/h3,6-8,13-15H,4-5H2,1-2H3,(H,16,17). The predicted octanol–water partition coefficient (Wildman–Crippen LogP) is 0.741. The van der Waals surface area contributed by atoms with Crippen LogP contribution in [-0.2, 0) is 23.1 Å².